The summed E-state index contributed by atoms with van der Waals surface area (Å²) in [6.07, 6.45) is 3.38. The Kier molecular flexibility index (Phi) is 3.83. The average molecular weight is 160 g/mol. The molecule has 66 valence electrons. The zero-order valence-electron chi connectivity index (χ0n) is 7.21. The van der Waals surface area contributed by atoms with Crippen LogP contribution < -0.4 is 0 Å². The average Bonchev–Trinajstić information content (AvgIpc) is 2.09. The lowest BCUT2D eigenvalue weighted by Gasteiger charge is -2.28. The standard InChI is InChI=1S/C8H16O3/c1-9-8(10-2)7-5-3-4-6-11-7/h7-8H,3-6H2,1-2H3. The summed E-state index contributed by atoms with van der Waals surface area (Å²) < 4.78 is 15.7. The van der Waals surface area contributed by atoms with E-state index in [4.69, 9.17) is 14.2 Å². The number of methoxy groups -OCH3 is 2. The van der Waals surface area contributed by atoms with Crippen LogP contribution in [0.4, 0.5) is 0 Å². The highest BCUT2D eigenvalue weighted by Gasteiger charge is 2.23. The minimum atomic E-state index is -0.185. The Morgan fingerprint density at radius 3 is 2.45 bits per heavy atom. The van der Waals surface area contributed by atoms with Crippen molar-refractivity contribution in [3.05, 3.63) is 0 Å². The van der Waals surface area contributed by atoms with Crippen LogP contribution in [0, 0.1) is 0 Å². The zero-order chi connectivity index (χ0) is 8.10. The van der Waals surface area contributed by atoms with Gasteiger partial charge in [-0.2, -0.15) is 0 Å². The van der Waals surface area contributed by atoms with E-state index in [1.807, 2.05) is 0 Å². The third kappa shape index (κ3) is 2.43. The molecule has 1 aliphatic heterocycles. The summed E-state index contributed by atoms with van der Waals surface area (Å²) in [5.74, 6) is 0. The third-order valence-corrected chi connectivity index (χ3v) is 1.98. The lowest BCUT2D eigenvalue weighted by molar-refractivity contribution is -0.190. The molecule has 1 fully saturated rings. The first-order chi connectivity index (χ1) is 5.38. The van der Waals surface area contributed by atoms with E-state index in [2.05, 4.69) is 0 Å². The summed E-state index contributed by atoms with van der Waals surface area (Å²) in [7, 11) is 3.29. The second-order valence-corrected chi connectivity index (χ2v) is 2.74. The van der Waals surface area contributed by atoms with E-state index >= 15 is 0 Å². The molecule has 1 heterocycles. The Morgan fingerprint density at radius 1 is 1.27 bits per heavy atom. The maximum absolute atomic E-state index is 5.47. The Hall–Kier alpha value is -0.120. The quantitative estimate of drug-likeness (QED) is 0.580. The topological polar surface area (TPSA) is 27.7 Å². The molecule has 0 amide bonds. The van der Waals surface area contributed by atoms with Crippen molar-refractivity contribution in [3.63, 3.8) is 0 Å². The minimum absolute atomic E-state index is 0.138. The van der Waals surface area contributed by atoms with Gasteiger partial charge in [0.05, 0.1) is 0 Å². The van der Waals surface area contributed by atoms with Crippen LogP contribution in [0.5, 0.6) is 0 Å². The molecular weight excluding hydrogens is 144 g/mol. The highest BCUT2D eigenvalue weighted by atomic mass is 16.7. The fourth-order valence-electron chi connectivity index (χ4n) is 1.38. The van der Waals surface area contributed by atoms with Gasteiger partial charge in [0, 0.05) is 20.8 Å². The van der Waals surface area contributed by atoms with Gasteiger partial charge in [0.1, 0.15) is 6.10 Å². The van der Waals surface area contributed by atoms with Gasteiger partial charge in [-0.05, 0) is 19.3 Å². The van der Waals surface area contributed by atoms with E-state index in [0.29, 0.717) is 0 Å². The van der Waals surface area contributed by atoms with Gasteiger partial charge in [0.25, 0.3) is 0 Å². The van der Waals surface area contributed by atoms with E-state index in [0.717, 1.165) is 19.4 Å². The van der Waals surface area contributed by atoms with Crippen molar-refractivity contribution >= 4 is 0 Å². The molecule has 1 aliphatic rings. The lowest BCUT2D eigenvalue weighted by Crippen LogP contribution is -2.34. The second-order valence-electron chi connectivity index (χ2n) is 2.74. The maximum atomic E-state index is 5.47. The molecule has 0 saturated carbocycles. The second kappa shape index (κ2) is 4.70. The van der Waals surface area contributed by atoms with Crippen LogP contribution in [-0.2, 0) is 14.2 Å². The molecule has 0 aromatic heterocycles. The van der Waals surface area contributed by atoms with Crippen molar-refractivity contribution < 1.29 is 14.2 Å². The summed E-state index contributed by atoms with van der Waals surface area (Å²) >= 11 is 0. The van der Waals surface area contributed by atoms with E-state index in [1.54, 1.807) is 14.2 Å². The molecule has 0 aromatic carbocycles. The molecular formula is C8H16O3. The summed E-state index contributed by atoms with van der Waals surface area (Å²) in [5.41, 5.74) is 0. The normalized spacial score (nSPS) is 25.9. The largest absolute Gasteiger partial charge is 0.373 e. The monoisotopic (exact) mass is 160 g/mol. The molecule has 0 spiro atoms. The summed E-state index contributed by atoms with van der Waals surface area (Å²) in [5, 5.41) is 0. The van der Waals surface area contributed by atoms with Gasteiger partial charge in [-0.3, -0.25) is 0 Å². The van der Waals surface area contributed by atoms with Crippen molar-refractivity contribution in [2.75, 3.05) is 20.8 Å². The van der Waals surface area contributed by atoms with E-state index in [9.17, 15) is 0 Å². The zero-order valence-corrected chi connectivity index (χ0v) is 7.21. The highest BCUT2D eigenvalue weighted by Crippen LogP contribution is 2.17. The van der Waals surface area contributed by atoms with Crippen LogP contribution >= 0.6 is 0 Å². The highest BCUT2D eigenvalue weighted by molar-refractivity contribution is 4.66. The number of ether oxygens (including phenoxy) is 3. The first kappa shape index (κ1) is 8.97. The van der Waals surface area contributed by atoms with Crippen molar-refractivity contribution in [3.8, 4) is 0 Å². The maximum Gasteiger partial charge on any atom is 0.182 e. The van der Waals surface area contributed by atoms with Gasteiger partial charge in [0.2, 0.25) is 0 Å². The van der Waals surface area contributed by atoms with Crippen LogP contribution in [-0.4, -0.2) is 33.2 Å². The van der Waals surface area contributed by atoms with E-state index in [-0.39, 0.29) is 12.4 Å². The van der Waals surface area contributed by atoms with Gasteiger partial charge < -0.3 is 14.2 Å². The molecule has 3 heteroatoms. The van der Waals surface area contributed by atoms with Crippen molar-refractivity contribution in [2.45, 2.75) is 31.7 Å². The van der Waals surface area contributed by atoms with Crippen LogP contribution in [0.3, 0.4) is 0 Å². The summed E-state index contributed by atoms with van der Waals surface area (Å²) in [6, 6.07) is 0. The minimum Gasteiger partial charge on any atom is -0.373 e. The van der Waals surface area contributed by atoms with Crippen molar-refractivity contribution in [1.29, 1.82) is 0 Å². The third-order valence-electron chi connectivity index (χ3n) is 1.98. The van der Waals surface area contributed by atoms with Crippen LogP contribution in [0.2, 0.25) is 0 Å². The molecule has 3 nitrogen and oxygen atoms in total. The number of rotatable bonds is 3. The van der Waals surface area contributed by atoms with Crippen LogP contribution in [0.1, 0.15) is 19.3 Å². The van der Waals surface area contributed by atoms with Gasteiger partial charge >= 0.3 is 0 Å². The lowest BCUT2D eigenvalue weighted by atomic mass is 10.1. The summed E-state index contributed by atoms with van der Waals surface area (Å²) in [4.78, 5) is 0. The SMILES string of the molecule is COC(OC)C1CCCCO1. The molecule has 0 radical (unpaired) electrons. The molecule has 1 unspecified atom stereocenters. The van der Waals surface area contributed by atoms with E-state index in [1.165, 1.54) is 6.42 Å². The number of hydrogen-bond donors (Lipinski definition) is 0. The predicted octanol–water partition coefficient (Wildman–Crippen LogP) is 1.17. The van der Waals surface area contributed by atoms with Crippen LogP contribution in [0.15, 0.2) is 0 Å². The summed E-state index contributed by atoms with van der Waals surface area (Å²) in [6.45, 7) is 0.841. The molecule has 1 rings (SSSR count). The Labute approximate surface area is 67.6 Å². The Balaban J connectivity index is 2.30. The first-order valence-electron chi connectivity index (χ1n) is 4.05. The van der Waals surface area contributed by atoms with Crippen LogP contribution in [0.25, 0.3) is 0 Å². The molecule has 0 bridgehead atoms. The Morgan fingerprint density at radius 2 is 2.00 bits per heavy atom. The molecule has 1 saturated heterocycles. The molecule has 0 aromatic rings. The molecule has 1 atom stereocenters. The van der Waals surface area contributed by atoms with E-state index < -0.39 is 0 Å². The van der Waals surface area contributed by atoms with Crippen molar-refractivity contribution in [2.24, 2.45) is 0 Å². The first-order valence-corrected chi connectivity index (χ1v) is 4.05. The van der Waals surface area contributed by atoms with Gasteiger partial charge in [-0.25, -0.2) is 0 Å². The smallest absolute Gasteiger partial charge is 0.182 e. The number of hydrogen-bond acceptors (Lipinski definition) is 3. The fourth-order valence-corrected chi connectivity index (χ4v) is 1.38. The van der Waals surface area contributed by atoms with Gasteiger partial charge in [-0.15, -0.1) is 0 Å². The Bertz CT molecular complexity index is 95.5. The van der Waals surface area contributed by atoms with Crippen molar-refractivity contribution in [1.82, 2.24) is 0 Å². The molecule has 0 aliphatic carbocycles. The van der Waals surface area contributed by atoms with Gasteiger partial charge in [0.15, 0.2) is 6.29 Å². The molecule has 11 heavy (non-hydrogen) atoms. The fraction of sp³-hybridized carbons (Fsp3) is 1.00. The predicted molar refractivity (Wildman–Crippen MR) is 41.4 cm³/mol. The molecule has 0 N–H and O–H groups in total. The van der Waals surface area contributed by atoms with Gasteiger partial charge in [-0.1, -0.05) is 0 Å².